The molecule has 21 heavy (non-hydrogen) atoms. The Morgan fingerprint density at radius 2 is 1.90 bits per heavy atom. The van der Waals surface area contributed by atoms with Crippen LogP contribution in [0.15, 0.2) is 0 Å². The Morgan fingerprint density at radius 3 is 2.48 bits per heavy atom. The average molecular weight is 295 g/mol. The molecule has 2 aliphatic carbocycles. The van der Waals surface area contributed by atoms with Crippen molar-refractivity contribution in [1.29, 1.82) is 0 Å². The minimum absolute atomic E-state index is 0.0494. The average Bonchev–Trinajstić information content (AvgIpc) is 2.31. The smallest absolute Gasteiger partial charge is 0.308 e. The second-order valence-electron chi connectivity index (χ2n) is 8.78. The third kappa shape index (κ3) is 3.80. The Morgan fingerprint density at radius 1 is 1.24 bits per heavy atom. The zero-order chi connectivity index (χ0) is 15.8. The molecule has 0 aromatic heterocycles. The van der Waals surface area contributed by atoms with Gasteiger partial charge in [-0.2, -0.15) is 0 Å². The standard InChI is InChI=1S/C18H33NO2/c1-6-14-9-13-7-12(2)8-15(10-13)18(14,19)21-16(20)11-17(3,4)5/h12-15H,6-11,19H2,1-5H3. The number of carbonyl (C=O) groups is 1. The maximum Gasteiger partial charge on any atom is 0.308 e. The first-order valence-corrected chi connectivity index (χ1v) is 8.64. The molecule has 2 saturated carbocycles. The zero-order valence-electron chi connectivity index (χ0n) is 14.4. The van der Waals surface area contributed by atoms with Gasteiger partial charge in [0, 0.05) is 11.8 Å². The molecule has 2 aliphatic rings. The Kier molecular flexibility index (Phi) is 4.72. The summed E-state index contributed by atoms with van der Waals surface area (Å²) in [4.78, 5) is 12.3. The van der Waals surface area contributed by atoms with Crippen LogP contribution in [0.5, 0.6) is 0 Å². The molecule has 3 heteroatoms. The van der Waals surface area contributed by atoms with E-state index < -0.39 is 5.72 Å². The summed E-state index contributed by atoms with van der Waals surface area (Å²) in [5.41, 5.74) is 5.92. The predicted octanol–water partition coefficient (Wildman–Crippen LogP) is 4.10. The minimum Gasteiger partial charge on any atom is -0.444 e. The van der Waals surface area contributed by atoms with Crippen LogP contribution >= 0.6 is 0 Å². The van der Waals surface area contributed by atoms with Crippen LogP contribution in [0.2, 0.25) is 0 Å². The second-order valence-corrected chi connectivity index (χ2v) is 8.78. The fourth-order valence-corrected chi connectivity index (χ4v) is 4.55. The van der Waals surface area contributed by atoms with Crippen LogP contribution in [0.3, 0.4) is 0 Å². The number of nitrogens with two attached hydrogens (primary N) is 1. The molecule has 2 rings (SSSR count). The summed E-state index contributed by atoms with van der Waals surface area (Å²) in [6, 6.07) is 0. The summed E-state index contributed by atoms with van der Waals surface area (Å²) < 4.78 is 5.93. The molecule has 0 aromatic rings. The molecule has 2 N–H and O–H groups in total. The molecule has 122 valence electrons. The van der Waals surface area contributed by atoms with Gasteiger partial charge in [0.05, 0.1) is 6.42 Å². The number of esters is 1. The molecular weight excluding hydrogens is 262 g/mol. The Labute approximate surface area is 130 Å². The molecule has 2 fully saturated rings. The molecular formula is C18H33NO2. The molecule has 0 saturated heterocycles. The van der Waals surface area contributed by atoms with E-state index in [0.29, 0.717) is 24.2 Å². The van der Waals surface area contributed by atoms with Crippen molar-refractivity contribution in [3.8, 4) is 0 Å². The fourth-order valence-electron chi connectivity index (χ4n) is 4.55. The van der Waals surface area contributed by atoms with Crippen LogP contribution in [0.1, 0.15) is 73.1 Å². The highest BCUT2D eigenvalue weighted by Gasteiger charge is 2.52. The molecule has 2 bridgehead atoms. The van der Waals surface area contributed by atoms with Gasteiger partial charge in [-0.15, -0.1) is 0 Å². The van der Waals surface area contributed by atoms with Crippen molar-refractivity contribution in [2.24, 2.45) is 34.8 Å². The van der Waals surface area contributed by atoms with Gasteiger partial charge in [-0.1, -0.05) is 34.6 Å². The summed E-state index contributed by atoms with van der Waals surface area (Å²) in [6.07, 6.45) is 6.12. The molecule has 0 radical (unpaired) electrons. The highest BCUT2D eigenvalue weighted by Crippen LogP contribution is 2.50. The van der Waals surface area contributed by atoms with Gasteiger partial charge in [0.1, 0.15) is 0 Å². The summed E-state index contributed by atoms with van der Waals surface area (Å²) in [5, 5.41) is 0. The van der Waals surface area contributed by atoms with Gasteiger partial charge in [-0.3, -0.25) is 10.5 Å². The van der Waals surface area contributed by atoms with E-state index in [4.69, 9.17) is 10.5 Å². The molecule has 5 unspecified atom stereocenters. The number of rotatable bonds is 3. The third-order valence-corrected chi connectivity index (χ3v) is 5.39. The molecule has 0 spiro atoms. The van der Waals surface area contributed by atoms with Crippen LogP contribution in [0.4, 0.5) is 0 Å². The van der Waals surface area contributed by atoms with Crippen LogP contribution < -0.4 is 5.73 Å². The summed E-state index contributed by atoms with van der Waals surface area (Å²) in [6.45, 7) is 10.7. The summed E-state index contributed by atoms with van der Waals surface area (Å²) in [5.74, 6) is 2.02. The van der Waals surface area contributed by atoms with E-state index in [-0.39, 0.29) is 11.4 Å². The first kappa shape index (κ1) is 16.8. The quantitative estimate of drug-likeness (QED) is 0.630. The van der Waals surface area contributed by atoms with Gasteiger partial charge in [-0.25, -0.2) is 0 Å². The van der Waals surface area contributed by atoms with E-state index in [1.807, 2.05) is 0 Å². The topological polar surface area (TPSA) is 52.3 Å². The molecule has 0 aromatic carbocycles. The number of ether oxygens (including phenoxy) is 1. The van der Waals surface area contributed by atoms with Crippen LogP contribution in [-0.2, 0) is 9.53 Å². The van der Waals surface area contributed by atoms with Crippen LogP contribution in [0, 0.1) is 29.1 Å². The number of hydrogen-bond acceptors (Lipinski definition) is 3. The summed E-state index contributed by atoms with van der Waals surface area (Å²) in [7, 11) is 0. The first-order valence-electron chi connectivity index (χ1n) is 8.64. The number of hydrogen-bond donors (Lipinski definition) is 1. The van der Waals surface area contributed by atoms with Crippen molar-refractivity contribution in [3.05, 3.63) is 0 Å². The van der Waals surface area contributed by atoms with Crippen molar-refractivity contribution in [1.82, 2.24) is 0 Å². The highest BCUT2D eigenvalue weighted by atomic mass is 16.6. The maximum absolute atomic E-state index is 12.3. The molecule has 5 atom stereocenters. The predicted molar refractivity (Wildman–Crippen MR) is 85.5 cm³/mol. The van der Waals surface area contributed by atoms with Crippen molar-refractivity contribution in [3.63, 3.8) is 0 Å². The van der Waals surface area contributed by atoms with Gasteiger partial charge in [0.15, 0.2) is 5.72 Å². The first-order chi connectivity index (χ1) is 9.64. The lowest BCUT2D eigenvalue weighted by Gasteiger charge is -2.52. The lowest BCUT2D eigenvalue weighted by Crippen LogP contribution is -2.61. The van der Waals surface area contributed by atoms with Crippen LogP contribution in [0.25, 0.3) is 0 Å². The monoisotopic (exact) mass is 295 g/mol. The van der Waals surface area contributed by atoms with Gasteiger partial charge >= 0.3 is 5.97 Å². The Balaban J connectivity index is 2.14. The Hall–Kier alpha value is -0.570. The van der Waals surface area contributed by atoms with Crippen molar-refractivity contribution < 1.29 is 9.53 Å². The largest absolute Gasteiger partial charge is 0.444 e. The van der Waals surface area contributed by atoms with Gasteiger partial charge < -0.3 is 4.74 Å². The fraction of sp³-hybridized carbons (Fsp3) is 0.944. The second kappa shape index (κ2) is 5.91. The van der Waals surface area contributed by atoms with E-state index in [9.17, 15) is 4.79 Å². The molecule has 3 nitrogen and oxygen atoms in total. The van der Waals surface area contributed by atoms with E-state index >= 15 is 0 Å². The van der Waals surface area contributed by atoms with Gasteiger partial charge in [0.25, 0.3) is 0 Å². The Bertz CT molecular complexity index is 385. The normalized spacial score (nSPS) is 39.9. The van der Waals surface area contributed by atoms with E-state index in [2.05, 4.69) is 34.6 Å². The summed E-state index contributed by atoms with van der Waals surface area (Å²) >= 11 is 0. The SMILES string of the molecule is CCC1CC2CC(C)CC(C2)C1(N)OC(=O)CC(C)(C)C. The lowest BCUT2D eigenvalue weighted by atomic mass is 9.60. The van der Waals surface area contributed by atoms with Gasteiger partial charge in [-0.05, 0) is 49.4 Å². The van der Waals surface area contributed by atoms with E-state index in [1.165, 1.54) is 6.42 Å². The lowest BCUT2D eigenvalue weighted by molar-refractivity contribution is -0.192. The van der Waals surface area contributed by atoms with Crippen molar-refractivity contribution in [2.75, 3.05) is 0 Å². The van der Waals surface area contributed by atoms with Crippen molar-refractivity contribution >= 4 is 5.97 Å². The highest BCUT2D eigenvalue weighted by molar-refractivity contribution is 5.70. The molecule has 0 amide bonds. The third-order valence-electron chi connectivity index (χ3n) is 5.39. The minimum atomic E-state index is -0.734. The molecule has 0 heterocycles. The van der Waals surface area contributed by atoms with Gasteiger partial charge in [0.2, 0.25) is 0 Å². The number of fused-ring (bicyclic) bond motifs is 2. The number of carbonyl (C=O) groups excluding carboxylic acids is 1. The van der Waals surface area contributed by atoms with Crippen LogP contribution in [-0.4, -0.2) is 11.7 Å². The van der Waals surface area contributed by atoms with E-state index in [1.54, 1.807) is 0 Å². The molecule has 0 aliphatic heterocycles. The van der Waals surface area contributed by atoms with E-state index in [0.717, 1.165) is 31.6 Å². The van der Waals surface area contributed by atoms with Crippen molar-refractivity contribution in [2.45, 2.75) is 78.9 Å². The zero-order valence-corrected chi connectivity index (χ0v) is 14.4. The maximum atomic E-state index is 12.3.